The van der Waals surface area contributed by atoms with E-state index < -0.39 is 10.0 Å². The Bertz CT molecular complexity index is 1400. The van der Waals surface area contributed by atoms with Gasteiger partial charge >= 0.3 is 0 Å². The summed E-state index contributed by atoms with van der Waals surface area (Å²) in [6.45, 7) is 2.70. The quantitative estimate of drug-likeness (QED) is 0.363. The molecule has 0 aliphatic heterocycles. The van der Waals surface area contributed by atoms with Crippen LogP contribution in [0.25, 0.3) is 10.2 Å². The standard InChI is InChI=1S/C24H24N4O4S2/c1-4-32-19-10-13-21-22(15-19)33-24(26-21)28(16-18-7-5-6-14-25-18)23(29)17-8-11-20(12-9-17)34(30,31)27(2)3/h5-15H,4,16H2,1-3H3. The second-order valence-corrected chi connectivity index (χ2v) is 10.7. The Balaban J connectivity index is 1.71. The first-order valence-corrected chi connectivity index (χ1v) is 12.8. The number of fused-ring (bicyclic) bond motifs is 1. The first kappa shape index (κ1) is 23.8. The molecular weight excluding hydrogens is 472 g/mol. The largest absolute Gasteiger partial charge is 0.494 e. The topological polar surface area (TPSA) is 92.7 Å². The highest BCUT2D eigenvalue weighted by molar-refractivity contribution is 7.89. The van der Waals surface area contributed by atoms with Crippen LogP contribution in [0.2, 0.25) is 0 Å². The lowest BCUT2D eigenvalue weighted by Crippen LogP contribution is -2.30. The van der Waals surface area contributed by atoms with E-state index in [2.05, 4.69) is 9.97 Å². The van der Waals surface area contributed by atoms with E-state index >= 15 is 0 Å². The summed E-state index contributed by atoms with van der Waals surface area (Å²) < 4.78 is 32.4. The number of thiazole rings is 1. The van der Waals surface area contributed by atoms with Crippen LogP contribution in [-0.4, -0.2) is 49.3 Å². The first-order chi connectivity index (χ1) is 16.3. The number of sulfonamides is 1. The first-order valence-electron chi connectivity index (χ1n) is 10.6. The van der Waals surface area contributed by atoms with E-state index in [0.29, 0.717) is 23.0 Å². The molecule has 1 amide bonds. The number of ether oxygens (including phenoxy) is 1. The smallest absolute Gasteiger partial charge is 0.260 e. The molecule has 4 aromatic rings. The van der Waals surface area contributed by atoms with Gasteiger partial charge in [-0.1, -0.05) is 17.4 Å². The van der Waals surface area contributed by atoms with Crippen molar-refractivity contribution in [1.82, 2.24) is 14.3 Å². The molecule has 0 radical (unpaired) electrons. The maximum atomic E-state index is 13.6. The third-order valence-electron chi connectivity index (χ3n) is 5.06. The summed E-state index contributed by atoms with van der Waals surface area (Å²) in [5, 5.41) is 0.518. The number of benzene rings is 2. The third kappa shape index (κ3) is 4.93. The summed E-state index contributed by atoms with van der Waals surface area (Å²) in [7, 11) is -0.660. The Morgan fingerprint density at radius 2 is 1.82 bits per heavy atom. The molecule has 34 heavy (non-hydrogen) atoms. The Kier molecular flexibility index (Phi) is 6.92. The highest BCUT2D eigenvalue weighted by atomic mass is 32.2. The van der Waals surface area contributed by atoms with Crippen molar-refractivity contribution in [1.29, 1.82) is 0 Å². The van der Waals surface area contributed by atoms with Crippen LogP contribution in [0.4, 0.5) is 5.13 Å². The molecule has 0 spiro atoms. The van der Waals surface area contributed by atoms with Gasteiger partial charge in [0.15, 0.2) is 5.13 Å². The Labute approximate surface area is 202 Å². The minimum absolute atomic E-state index is 0.119. The molecule has 2 heterocycles. The minimum Gasteiger partial charge on any atom is -0.494 e. The van der Waals surface area contributed by atoms with Gasteiger partial charge in [0.1, 0.15) is 5.75 Å². The SMILES string of the molecule is CCOc1ccc2nc(N(Cc3ccccn3)C(=O)c3ccc(S(=O)(=O)N(C)C)cc3)sc2c1. The van der Waals surface area contributed by atoms with Gasteiger partial charge in [-0.15, -0.1) is 0 Å². The maximum absolute atomic E-state index is 13.6. The van der Waals surface area contributed by atoms with Gasteiger partial charge in [0.05, 0.1) is 34.0 Å². The summed E-state index contributed by atoms with van der Waals surface area (Å²) >= 11 is 1.38. The molecule has 176 valence electrons. The Hall–Kier alpha value is -3.34. The minimum atomic E-state index is -3.59. The highest BCUT2D eigenvalue weighted by Gasteiger charge is 2.24. The van der Waals surface area contributed by atoms with Gasteiger partial charge in [0, 0.05) is 25.9 Å². The monoisotopic (exact) mass is 496 g/mol. The normalized spacial score (nSPS) is 11.6. The number of rotatable bonds is 8. The van der Waals surface area contributed by atoms with Crippen LogP contribution in [-0.2, 0) is 16.6 Å². The maximum Gasteiger partial charge on any atom is 0.260 e. The van der Waals surface area contributed by atoms with E-state index in [1.54, 1.807) is 11.1 Å². The lowest BCUT2D eigenvalue weighted by Gasteiger charge is -2.20. The van der Waals surface area contributed by atoms with Crippen molar-refractivity contribution >= 4 is 42.6 Å². The molecule has 4 rings (SSSR count). The van der Waals surface area contributed by atoms with Crippen molar-refractivity contribution in [2.45, 2.75) is 18.4 Å². The van der Waals surface area contributed by atoms with Crippen molar-refractivity contribution in [3.8, 4) is 5.75 Å². The number of aromatic nitrogens is 2. The van der Waals surface area contributed by atoms with Crippen LogP contribution < -0.4 is 9.64 Å². The third-order valence-corrected chi connectivity index (χ3v) is 7.93. The molecular formula is C24H24N4O4S2. The molecule has 0 atom stereocenters. The number of pyridine rings is 1. The second kappa shape index (κ2) is 9.88. The molecule has 0 aliphatic rings. The van der Waals surface area contributed by atoms with E-state index in [1.807, 2.05) is 43.3 Å². The molecule has 0 N–H and O–H groups in total. The van der Waals surface area contributed by atoms with Gasteiger partial charge in [-0.2, -0.15) is 0 Å². The summed E-state index contributed by atoms with van der Waals surface area (Å²) in [5.74, 6) is 0.439. The molecule has 10 heteroatoms. The number of carbonyl (C=O) groups excluding carboxylic acids is 1. The Morgan fingerprint density at radius 1 is 1.06 bits per heavy atom. The van der Waals surface area contributed by atoms with Gasteiger partial charge in [0.25, 0.3) is 5.91 Å². The van der Waals surface area contributed by atoms with Crippen LogP contribution in [0.1, 0.15) is 23.0 Å². The van der Waals surface area contributed by atoms with Gasteiger partial charge in [-0.05, 0) is 61.5 Å². The summed E-state index contributed by atoms with van der Waals surface area (Å²) in [6.07, 6.45) is 1.67. The van der Waals surface area contributed by atoms with E-state index in [-0.39, 0.29) is 17.3 Å². The number of carbonyl (C=O) groups is 1. The lowest BCUT2D eigenvalue weighted by atomic mass is 10.2. The number of amides is 1. The zero-order valence-electron chi connectivity index (χ0n) is 19.0. The van der Waals surface area contributed by atoms with Gasteiger partial charge < -0.3 is 4.74 Å². The fraction of sp³-hybridized carbons (Fsp3) is 0.208. The predicted molar refractivity (Wildman–Crippen MR) is 133 cm³/mol. The average molecular weight is 497 g/mol. The molecule has 0 unspecified atom stereocenters. The molecule has 8 nitrogen and oxygen atoms in total. The molecule has 0 saturated carbocycles. The lowest BCUT2D eigenvalue weighted by molar-refractivity contribution is 0.0984. The van der Waals surface area contributed by atoms with Crippen molar-refractivity contribution in [3.63, 3.8) is 0 Å². The summed E-state index contributed by atoms with van der Waals surface area (Å²) in [6, 6.07) is 17.1. The molecule has 2 aromatic heterocycles. The molecule has 0 fully saturated rings. The molecule has 2 aromatic carbocycles. The fourth-order valence-corrected chi connectivity index (χ4v) is 5.17. The Morgan fingerprint density at radius 3 is 2.47 bits per heavy atom. The van der Waals surface area contributed by atoms with Crippen LogP contribution in [0.15, 0.2) is 71.8 Å². The second-order valence-electron chi connectivity index (χ2n) is 7.58. The van der Waals surface area contributed by atoms with Crippen LogP contribution >= 0.6 is 11.3 Å². The number of hydrogen-bond acceptors (Lipinski definition) is 7. The van der Waals surface area contributed by atoms with Crippen LogP contribution in [0.5, 0.6) is 5.75 Å². The molecule has 0 saturated heterocycles. The number of nitrogens with zero attached hydrogens (tertiary/aromatic N) is 4. The van der Waals surface area contributed by atoms with Gasteiger partial charge in [-0.25, -0.2) is 17.7 Å². The zero-order chi connectivity index (χ0) is 24.3. The van der Waals surface area contributed by atoms with Crippen molar-refractivity contribution in [2.75, 3.05) is 25.6 Å². The van der Waals surface area contributed by atoms with E-state index in [4.69, 9.17) is 4.74 Å². The fourth-order valence-electron chi connectivity index (χ4n) is 3.28. The zero-order valence-corrected chi connectivity index (χ0v) is 20.6. The van der Waals surface area contributed by atoms with E-state index in [9.17, 15) is 13.2 Å². The van der Waals surface area contributed by atoms with Gasteiger partial charge in [-0.3, -0.25) is 14.7 Å². The van der Waals surface area contributed by atoms with Crippen LogP contribution in [0, 0.1) is 0 Å². The van der Waals surface area contributed by atoms with Crippen molar-refractivity contribution in [2.24, 2.45) is 0 Å². The number of hydrogen-bond donors (Lipinski definition) is 0. The summed E-state index contributed by atoms with van der Waals surface area (Å²) in [4.78, 5) is 24.3. The average Bonchev–Trinajstić information content (AvgIpc) is 3.26. The molecule has 0 bridgehead atoms. The van der Waals surface area contributed by atoms with Crippen molar-refractivity contribution in [3.05, 3.63) is 78.1 Å². The summed E-state index contributed by atoms with van der Waals surface area (Å²) in [5.41, 5.74) is 1.81. The predicted octanol–water partition coefficient (Wildman–Crippen LogP) is 4.19. The van der Waals surface area contributed by atoms with E-state index in [1.165, 1.54) is 49.7 Å². The highest BCUT2D eigenvalue weighted by Crippen LogP contribution is 2.33. The van der Waals surface area contributed by atoms with E-state index in [0.717, 1.165) is 20.3 Å². The van der Waals surface area contributed by atoms with Crippen molar-refractivity contribution < 1.29 is 17.9 Å². The van der Waals surface area contributed by atoms with Crippen LogP contribution in [0.3, 0.4) is 0 Å². The molecule has 0 aliphatic carbocycles. The number of anilines is 1. The van der Waals surface area contributed by atoms with Gasteiger partial charge in [0.2, 0.25) is 10.0 Å².